The lowest BCUT2D eigenvalue weighted by atomic mass is 10.2. The van der Waals surface area contributed by atoms with Crippen LogP contribution < -0.4 is 5.73 Å². The van der Waals surface area contributed by atoms with Gasteiger partial charge in [-0.2, -0.15) is 0 Å². The van der Waals surface area contributed by atoms with E-state index in [1.54, 1.807) is 0 Å². The van der Waals surface area contributed by atoms with Crippen molar-refractivity contribution in [1.29, 1.82) is 0 Å². The Balaban J connectivity index is 3.04. The van der Waals surface area contributed by atoms with Gasteiger partial charge in [0, 0.05) is 13.0 Å². The van der Waals surface area contributed by atoms with Gasteiger partial charge >= 0.3 is 0 Å². The summed E-state index contributed by atoms with van der Waals surface area (Å²) in [5.74, 6) is 1.87. The van der Waals surface area contributed by atoms with Gasteiger partial charge in [-0.25, -0.2) is 4.98 Å². The maximum atomic E-state index is 6.00. The van der Waals surface area contributed by atoms with E-state index >= 15 is 0 Å². The van der Waals surface area contributed by atoms with Crippen molar-refractivity contribution in [3.8, 4) is 0 Å². The number of hydrogen-bond acceptors (Lipinski definition) is 2. The van der Waals surface area contributed by atoms with E-state index in [1.165, 1.54) is 0 Å². The van der Waals surface area contributed by atoms with Gasteiger partial charge in [0.2, 0.25) is 0 Å². The Morgan fingerprint density at radius 3 is 2.71 bits per heavy atom. The molecule has 0 aromatic carbocycles. The van der Waals surface area contributed by atoms with Crippen LogP contribution in [-0.2, 0) is 19.4 Å². The number of allylic oxidation sites excluding steroid dienone is 1. The summed E-state index contributed by atoms with van der Waals surface area (Å²) >= 11 is 0. The van der Waals surface area contributed by atoms with Gasteiger partial charge in [0.25, 0.3) is 0 Å². The quantitative estimate of drug-likeness (QED) is 0.728. The third-order valence-electron chi connectivity index (χ3n) is 2.28. The first-order chi connectivity index (χ1) is 6.74. The second-order valence-electron chi connectivity index (χ2n) is 3.36. The lowest BCUT2D eigenvalue weighted by molar-refractivity contribution is 0.757. The van der Waals surface area contributed by atoms with E-state index in [1.807, 2.05) is 10.6 Å². The van der Waals surface area contributed by atoms with Gasteiger partial charge in [0.1, 0.15) is 11.6 Å². The molecule has 78 valence electrons. The summed E-state index contributed by atoms with van der Waals surface area (Å²) in [6.45, 7) is 8.71. The predicted molar refractivity (Wildman–Crippen MR) is 60.2 cm³/mol. The molecule has 0 aliphatic carbocycles. The molecule has 1 aromatic rings. The van der Waals surface area contributed by atoms with E-state index in [-0.39, 0.29) is 0 Å². The molecular formula is C11H19N3. The minimum Gasteiger partial charge on any atom is -0.384 e. The molecule has 0 radical (unpaired) electrons. The average Bonchev–Trinajstić information content (AvgIpc) is 2.47. The normalized spacial score (nSPS) is 10.4. The molecule has 14 heavy (non-hydrogen) atoms. The Bertz CT molecular complexity index is 313. The zero-order valence-electron chi connectivity index (χ0n) is 9.08. The molecule has 0 atom stereocenters. The number of hydrogen-bond donors (Lipinski definition) is 1. The van der Waals surface area contributed by atoms with Crippen LogP contribution in [0.25, 0.3) is 0 Å². The van der Waals surface area contributed by atoms with Crippen molar-refractivity contribution in [2.24, 2.45) is 0 Å². The molecular weight excluding hydrogens is 174 g/mol. The number of nitrogen functional groups attached to an aromatic ring is 1. The molecule has 0 bridgehead atoms. The number of aryl methyl sites for hydroxylation is 2. The topological polar surface area (TPSA) is 43.8 Å². The van der Waals surface area contributed by atoms with E-state index in [0.717, 1.165) is 43.1 Å². The Hall–Kier alpha value is -1.25. The highest BCUT2D eigenvalue weighted by atomic mass is 15.1. The zero-order valence-corrected chi connectivity index (χ0v) is 9.08. The minimum absolute atomic E-state index is 0.756. The summed E-state index contributed by atoms with van der Waals surface area (Å²) in [6, 6.07) is 0. The first-order valence-corrected chi connectivity index (χ1v) is 5.19. The summed E-state index contributed by atoms with van der Waals surface area (Å²) in [6.07, 6.45) is 4.82. The minimum atomic E-state index is 0.756. The van der Waals surface area contributed by atoms with E-state index < -0.39 is 0 Å². The number of imidazole rings is 1. The van der Waals surface area contributed by atoms with Crippen molar-refractivity contribution in [1.82, 2.24) is 9.55 Å². The smallest absolute Gasteiger partial charge is 0.127 e. The lowest BCUT2D eigenvalue weighted by Crippen LogP contribution is -2.05. The van der Waals surface area contributed by atoms with Gasteiger partial charge in [-0.3, -0.25) is 0 Å². The molecule has 0 fully saturated rings. The molecule has 2 N–H and O–H groups in total. The fourth-order valence-electron chi connectivity index (χ4n) is 1.59. The number of rotatable bonds is 5. The highest BCUT2D eigenvalue weighted by molar-refractivity contribution is 5.38. The highest BCUT2D eigenvalue weighted by Crippen LogP contribution is 2.16. The van der Waals surface area contributed by atoms with Crippen LogP contribution in [0.1, 0.15) is 31.8 Å². The van der Waals surface area contributed by atoms with Crippen molar-refractivity contribution in [3.63, 3.8) is 0 Å². The average molecular weight is 193 g/mol. The summed E-state index contributed by atoms with van der Waals surface area (Å²) in [4.78, 5) is 4.53. The zero-order chi connectivity index (χ0) is 10.6. The molecule has 3 nitrogen and oxygen atoms in total. The number of nitrogens with two attached hydrogens (primary N) is 1. The molecule has 1 aromatic heterocycles. The molecule has 1 rings (SSSR count). The van der Waals surface area contributed by atoms with Crippen LogP contribution in [0, 0.1) is 0 Å². The maximum Gasteiger partial charge on any atom is 0.127 e. The van der Waals surface area contributed by atoms with Crippen LogP contribution in [0.15, 0.2) is 12.7 Å². The van der Waals surface area contributed by atoms with Crippen LogP contribution >= 0.6 is 0 Å². The van der Waals surface area contributed by atoms with E-state index in [9.17, 15) is 0 Å². The highest BCUT2D eigenvalue weighted by Gasteiger charge is 2.11. The first kappa shape index (κ1) is 10.8. The van der Waals surface area contributed by atoms with Crippen LogP contribution in [0.2, 0.25) is 0 Å². The molecule has 0 amide bonds. The van der Waals surface area contributed by atoms with Crippen molar-refractivity contribution in [2.75, 3.05) is 5.73 Å². The Morgan fingerprint density at radius 1 is 1.50 bits per heavy atom. The molecule has 0 unspecified atom stereocenters. The fourth-order valence-corrected chi connectivity index (χ4v) is 1.59. The molecule has 0 aliphatic rings. The van der Waals surface area contributed by atoms with Crippen LogP contribution in [-0.4, -0.2) is 9.55 Å². The maximum absolute atomic E-state index is 6.00. The molecule has 0 spiro atoms. The third-order valence-corrected chi connectivity index (χ3v) is 2.28. The van der Waals surface area contributed by atoms with E-state index in [0.29, 0.717) is 0 Å². The second kappa shape index (κ2) is 4.84. The first-order valence-electron chi connectivity index (χ1n) is 5.19. The van der Waals surface area contributed by atoms with Crippen molar-refractivity contribution in [2.45, 2.75) is 39.7 Å². The number of anilines is 1. The molecule has 1 heterocycles. The summed E-state index contributed by atoms with van der Waals surface area (Å²) < 4.78 is 2.04. The van der Waals surface area contributed by atoms with Gasteiger partial charge < -0.3 is 10.3 Å². The molecule has 0 saturated carbocycles. The predicted octanol–water partition coefficient (Wildman–Crippen LogP) is 2.17. The fraction of sp³-hybridized carbons (Fsp3) is 0.545. The standard InChI is InChI=1S/C11H19N3/c1-4-7-9-11(12)14(8-5-2)10(6-3)13-9/h5H,2,4,6-8,12H2,1,3H3. The van der Waals surface area contributed by atoms with Gasteiger partial charge in [-0.05, 0) is 6.42 Å². The molecule has 0 aliphatic heterocycles. The van der Waals surface area contributed by atoms with Gasteiger partial charge in [0.15, 0.2) is 0 Å². The Labute approximate surface area is 85.6 Å². The van der Waals surface area contributed by atoms with Crippen molar-refractivity contribution < 1.29 is 0 Å². The largest absolute Gasteiger partial charge is 0.384 e. The van der Waals surface area contributed by atoms with Gasteiger partial charge in [-0.1, -0.05) is 26.3 Å². The van der Waals surface area contributed by atoms with Gasteiger partial charge in [0.05, 0.1) is 5.69 Å². The van der Waals surface area contributed by atoms with Crippen LogP contribution in [0.5, 0.6) is 0 Å². The molecule has 0 saturated heterocycles. The van der Waals surface area contributed by atoms with Gasteiger partial charge in [-0.15, -0.1) is 6.58 Å². The van der Waals surface area contributed by atoms with Crippen molar-refractivity contribution in [3.05, 3.63) is 24.2 Å². The SMILES string of the molecule is C=CCn1c(CC)nc(CCC)c1N. The second-order valence-corrected chi connectivity index (χ2v) is 3.36. The van der Waals surface area contributed by atoms with Crippen LogP contribution in [0.3, 0.4) is 0 Å². The van der Waals surface area contributed by atoms with E-state index in [2.05, 4.69) is 25.4 Å². The number of nitrogens with zero attached hydrogens (tertiary/aromatic N) is 2. The van der Waals surface area contributed by atoms with Crippen molar-refractivity contribution >= 4 is 5.82 Å². The Kier molecular flexibility index (Phi) is 3.74. The summed E-state index contributed by atoms with van der Waals surface area (Å²) in [7, 11) is 0. The summed E-state index contributed by atoms with van der Waals surface area (Å²) in [5.41, 5.74) is 7.04. The Morgan fingerprint density at radius 2 is 2.21 bits per heavy atom. The van der Waals surface area contributed by atoms with E-state index in [4.69, 9.17) is 5.73 Å². The third kappa shape index (κ3) is 1.97. The van der Waals surface area contributed by atoms with Crippen LogP contribution in [0.4, 0.5) is 5.82 Å². The molecule has 3 heteroatoms. The number of aromatic nitrogens is 2. The monoisotopic (exact) mass is 193 g/mol. The summed E-state index contributed by atoms with van der Waals surface area (Å²) in [5, 5.41) is 0. The lowest BCUT2D eigenvalue weighted by Gasteiger charge is -2.04.